The van der Waals surface area contributed by atoms with E-state index in [2.05, 4.69) is 16.0 Å². The Morgan fingerprint density at radius 2 is 1.71 bits per heavy atom. The number of carbonyl (C=O) groups is 2. The number of hydrogen-bond acceptors (Lipinski definition) is 3. The van der Waals surface area contributed by atoms with E-state index in [-0.39, 0.29) is 24.5 Å². The van der Waals surface area contributed by atoms with E-state index in [0.717, 1.165) is 24.1 Å². The van der Waals surface area contributed by atoms with E-state index in [1.165, 1.54) is 19.3 Å². The Kier molecular flexibility index (Phi) is 6.90. The van der Waals surface area contributed by atoms with Gasteiger partial charge in [-0.05, 0) is 30.5 Å². The number of anilines is 1. The maximum atomic E-state index is 11.8. The number of nitrogens with zero attached hydrogens (tertiary/aromatic N) is 1. The monoisotopic (exact) mass is 332 g/mol. The van der Waals surface area contributed by atoms with Crippen LogP contribution in [-0.4, -0.2) is 38.6 Å². The minimum atomic E-state index is -0.328. The van der Waals surface area contributed by atoms with Gasteiger partial charge in [0.2, 0.25) is 5.91 Å². The Hall–Kier alpha value is -2.24. The number of rotatable bonds is 6. The molecule has 0 radical (unpaired) electrons. The van der Waals surface area contributed by atoms with Crippen LogP contribution < -0.4 is 20.9 Å². The molecule has 0 atom stereocenters. The Bertz CT molecular complexity index is 536. The molecule has 1 aromatic carbocycles. The molecule has 0 unspecified atom stereocenters. The van der Waals surface area contributed by atoms with Crippen LogP contribution in [0.5, 0.6) is 0 Å². The van der Waals surface area contributed by atoms with Gasteiger partial charge in [0, 0.05) is 32.4 Å². The largest absolute Gasteiger partial charge is 0.378 e. The van der Waals surface area contributed by atoms with Gasteiger partial charge in [-0.1, -0.05) is 31.4 Å². The second-order valence-corrected chi connectivity index (χ2v) is 6.50. The van der Waals surface area contributed by atoms with Crippen molar-refractivity contribution in [2.24, 2.45) is 0 Å². The van der Waals surface area contributed by atoms with Crippen LogP contribution in [0.25, 0.3) is 0 Å². The van der Waals surface area contributed by atoms with Crippen molar-refractivity contribution in [3.63, 3.8) is 0 Å². The Morgan fingerprint density at radius 1 is 1.04 bits per heavy atom. The van der Waals surface area contributed by atoms with Crippen molar-refractivity contribution >= 4 is 17.6 Å². The quantitative estimate of drug-likeness (QED) is 0.746. The fourth-order valence-corrected chi connectivity index (χ4v) is 2.84. The molecule has 1 saturated carbocycles. The van der Waals surface area contributed by atoms with E-state index in [1.807, 2.05) is 43.3 Å². The number of carbonyl (C=O) groups excluding carboxylic acids is 2. The van der Waals surface area contributed by atoms with Gasteiger partial charge in [-0.3, -0.25) is 4.79 Å². The lowest BCUT2D eigenvalue weighted by molar-refractivity contribution is -0.121. The van der Waals surface area contributed by atoms with Gasteiger partial charge >= 0.3 is 6.03 Å². The molecule has 1 fully saturated rings. The van der Waals surface area contributed by atoms with Crippen molar-refractivity contribution in [1.82, 2.24) is 16.0 Å². The predicted molar refractivity (Wildman–Crippen MR) is 96.0 cm³/mol. The van der Waals surface area contributed by atoms with Crippen molar-refractivity contribution in [2.75, 3.05) is 25.5 Å². The number of benzene rings is 1. The van der Waals surface area contributed by atoms with Crippen LogP contribution >= 0.6 is 0 Å². The first-order chi connectivity index (χ1) is 11.5. The summed E-state index contributed by atoms with van der Waals surface area (Å²) in [4.78, 5) is 25.6. The summed E-state index contributed by atoms with van der Waals surface area (Å²) >= 11 is 0. The summed E-state index contributed by atoms with van der Waals surface area (Å²) in [7, 11) is 3.97. The number of nitrogens with one attached hydrogen (secondary N) is 3. The summed E-state index contributed by atoms with van der Waals surface area (Å²) in [6, 6.07) is 7.91. The first-order valence-electron chi connectivity index (χ1n) is 8.62. The minimum Gasteiger partial charge on any atom is -0.378 e. The first kappa shape index (κ1) is 18.1. The lowest BCUT2D eigenvalue weighted by Gasteiger charge is -2.22. The van der Waals surface area contributed by atoms with Crippen LogP contribution in [0.2, 0.25) is 0 Å². The van der Waals surface area contributed by atoms with Crippen LogP contribution in [0.1, 0.15) is 37.7 Å². The van der Waals surface area contributed by atoms with Crippen molar-refractivity contribution in [1.29, 1.82) is 0 Å². The third kappa shape index (κ3) is 6.10. The Morgan fingerprint density at radius 3 is 2.33 bits per heavy atom. The van der Waals surface area contributed by atoms with Gasteiger partial charge in [-0.2, -0.15) is 0 Å². The molecule has 3 amide bonds. The molecule has 0 saturated heterocycles. The average molecular weight is 332 g/mol. The van der Waals surface area contributed by atoms with Gasteiger partial charge in [0.15, 0.2) is 0 Å². The maximum absolute atomic E-state index is 11.8. The highest BCUT2D eigenvalue weighted by Crippen LogP contribution is 2.17. The molecule has 3 N–H and O–H groups in total. The zero-order valence-electron chi connectivity index (χ0n) is 14.6. The van der Waals surface area contributed by atoms with Gasteiger partial charge in [0.1, 0.15) is 0 Å². The summed E-state index contributed by atoms with van der Waals surface area (Å²) in [5.41, 5.74) is 2.13. The summed E-state index contributed by atoms with van der Waals surface area (Å²) in [6.45, 7) is 0.450. The highest BCUT2D eigenvalue weighted by Gasteiger charge is 2.15. The fourth-order valence-electron chi connectivity index (χ4n) is 2.84. The van der Waals surface area contributed by atoms with Crippen molar-refractivity contribution < 1.29 is 9.59 Å². The van der Waals surface area contributed by atoms with Crippen molar-refractivity contribution in [2.45, 2.75) is 44.7 Å². The topological polar surface area (TPSA) is 73.5 Å². The molecule has 0 heterocycles. The van der Waals surface area contributed by atoms with E-state index in [1.54, 1.807) is 0 Å². The van der Waals surface area contributed by atoms with Gasteiger partial charge in [0.25, 0.3) is 0 Å². The lowest BCUT2D eigenvalue weighted by Crippen LogP contribution is -2.45. The van der Waals surface area contributed by atoms with E-state index < -0.39 is 0 Å². The van der Waals surface area contributed by atoms with Gasteiger partial charge in [-0.25, -0.2) is 4.79 Å². The summed E-state index contributed by atoms with van der Waals surface area (Å²) in [5.74, 6) is -0.118. The Balaban J connectivity index is 1.64. The molecule has 6 heteroatoms. The van der Waals surface area contributed by atoms with Gasteiger partial charge < -0.3 is 20.9 Å². The third-order valence-corrected chi connectivity index (χ3v) is 4.29. The van der Waals surface area contributed by atoms with Gasteiger partial charge in [-0.15, -0.1) is 0 Å². The zero-order valence-corrected chi connectivity index (χ0v) is 14.6. The van der Waals surface area contributed by atoms with E-state index in [9.17, 15) is 9.59 Å². The molecule has 24 heavy (non-hydrogen) atoms. The van der Waals surface area contributed by atoms with Crippen LogP contribution in [0, 0.1) is 0 Å². The normalized spacial score (nSPS) is 14.8. The van der Waals surface area contributed by atoms with Crippen molar-refractivity contribution in [3.8, 4) is 0 Å². The highest BCUT2D eigenvalue weighted by atomic mass is 16.2. The SMILES string of the molecule is CN(C)c1ccc(CNC(=O)NCC(=O)NC2CCCCC2)cc1. The average Bonchev–Trinajstić information content (AvgIpc) is 2.59. The molecule has 0 spiro atoms. The smallest absolute Gasteiger partial charge is 0.315 e. The first-order valence-corrected chi connectivity index (χ1v) is 8.62. The second kappa shape index (κ2) is 9.15. The molecular formula is C18H28N4O2. The van der Waals surface area contributed by atoms with E-state index in [4.69, 9.17) is 0 Å². The molecule has 132 valence electrons. The van der Waals surface area contributed by atoms with E-state index in [0.29, 0.717) is 6.54 Å². The third-order valence-electron chi connectivity index (χ3n) is 4.29. The van der Waals surface area contributed by atoms with Crippen LogP contribution in [0.3, 0.4) is 0 Å². The molecule has 1 aliphatic rings. The highest BCUT2D eigenvalue weighted by molar-refractivity contribution is 5.84. The summed E-state index contributed by atoms with van der Waals surface area (Å²) in [5, 5.41) is 8.34. The maximum Gasteiger partial charge on any atom is 0.315 e. The molecule has 2 rings (SSSR count). The van der Waals surface area contributed by atoms with E-state index >= 15 is 0 Å². The lowest BCUT2D eigenvalue weighted by atomic mass is 9.95. The summed E-state index contributed by atoms with van der Waals surface area (Å²) < 4.78 is 0. The molecule has 1 aromatic rings. The minimum absolute atomic E-state index is 0.0158. The predicted octanol–water partition coefficient (Wildman–Crippen LogP) is 2.00. The Labute approximate surface area is 144 Å². The number of hydrogen-bond donors (Lipinski definition) is 3. The summed E-state index contributed by atoms with van der Waals surface area (Å²) in [6.07, 6.45) is 5.68. The molecule has 6 nitrogen and oxygen atoms in total. The van der Waals surface area contributed by atoms with Crippen LogP contribution in [0.4, 0.5) is 10.5 Å². The molecule has 1 aliphatic carbocycles. The standard InChI is InChI=1S/C18H28N4O2/c1-22(2)16-10-8-14(9-11-16)12-19-18(24)20-13-17(23)21-15-6-4-3-5-7-15/h8-11,15H,3-7,12-13H2,1-2H3,(H,21,23)(H2,19,20,24). The number of amides is 3. The second-order valence-electron chi connectivity index (χ2n) is 6.50. The van der Waals surface area contributed by atoms with Crippen molar-refractivity contribution in [3.05, 3.63) is 29.8 Å². The molecule has 0 aromatic heterocycles. The molecule has 0 bridgehead atoms. The van der Waals surface area contributed by atoms with Crippen LogP contribution in [0.15, 0.2) is 24.3 Å². The molecular weight excluding hydrogens is 304 g/mol. The van der Waals surface area contributed by atoms with Gasteiger partial charge in [0.05, 0.1) is 6.54 Å². The number of urea groups is 1. The van der Waals surface area contributed by atoms with Crippen LogP contribution in [-0.2, 0) is 11.3 Å². The molecule has 0 aliphatic heterocycles. The zero-order chi connectivity index (χ0) is 17.4. The fraction of sp³-hybridized carbons (Fsp3) is 0.556.